The second-order valence-corrected chi connectivity index (χ2v) is 5.17. The average molecular weight is 367 g/mol. The van der Waals surface area contributed by atoms with E-state index in [0.717, 1.165) is 7.11 Å². The predicted octanol–water partition coefficient (Wildman–Crippen LogP) is 0.189. The first kappa shape index (κ1) is 20.7. The topological polar surface area (TPSA) is 157 Å². The van der Waals surface area contributed by atoms with E-state index in [1.165, 1.54) is 25.3 Å². The molecule has 1 unspecified atom stereocenters. The lowest BCUT2D eigenvalue weighted by Gasteiger charge is -2.18. The summed E-state index contributed by atoms with van der Waals surface area (Å²) in [5.41, 5.74) is 5.74. The second kappa shape index (κ2) is 9.87. The summed E-state index contributed by atoms with van der Waals surface area (Å²) in [6.07, 6.45) is 0.661. The van der Waals surface area contributed by atoms with Gasteiger partial charge < -0.3 is 30.9 Å². The van der Waals surface area contributed by atoms with Gasteiger partial charge in [0.2, 0.25) is 6.04 Å². The molecule has 1 aromatic carbocycles. The van der Waals surface area contributed by atoms with Crippen molar-refractivity contribution in [1.82, 2.24) is 0 Å². The van der Waals surface area contributed by atoms with E-state index < -0.39 is 23.9 Å². The SMILES string of the molecule is COC(=O)CCCNc1ccc(C(=O)O)cc1NC(C(N)=O)C(=O)OC. The minimum absolute atomic E-state index is 0.0549. The molecular weight excluding hydrogens is 346 g/mol. The number of benzene rings is 1. The van der Waals surface area contributed by atoms with Gasteiger partial charge in [-0.3, -0.25) is 9.59 Å². The summed E-state index contributed by atoms with van der Waals surface area (Å²) in [4.78, 5) is 45.4. The Morgan fingerprint density at radius 2 is 1.85 bits per heavy atom. The van der Waals surface area contributed by atoms with Crippen LogP contribution in [-0.4, -0.2) is 55.7 Å². The Kier molecular flexibility index (Phi) is 7.87. The molecule has 1 aromatic rings. The van der Waals surface area contributed by atoms with Crippen LogP contribution in [-0.2, 0) is 23.9 Å². The van der Waals surface area contributed by atoms with Crippen LogP contribution >= 0.6 is 0 Å². The number of carboxylic acid groups (broad SMARTS) is 1. The van der Waals surface area contributed by atoms with E-state index in [1.807, 2.05) is 0 Å². The monoisotopic (exact) mass is 367 g/mol. The lowest BCUT2D eigenvalue weighted by molar-refractivity contribution is -0.144. The lowest BCUT2D eigenvalue weighted by atomic mass is 10.1. The van der Waals surface area contributed by atoms with Crippen molar-refractivity contribution in [3.63, 3.8) is 0 Å². The van der Waals surface area contributed by atoms with Crippen molar-refractivity contribution in [2.45, 2.75) is 18.9 Å². The molecule has 10 nitrogen and oxygen atoms in total. The zero-order chi connectivity index (χ0) is 19.7. The summed E-state index contributed by atoms with van der Waals surface area (Å²) in [6, 6.07) is 2.59. The number of carboxylic acids is 1. The predicted molar refractivity (Wildman–Crippen MR) is 91.8 cm³/mol. The van der Waals surface area contributed by atoms with Crippen LogP contribution < -0.4 is 16.4 Å². The summed E-state index contributed by atoms with van der Waals surface area (Å²) < 4.78 is 9.05. The smallest absolute Gasteiger partial charge is 0.338 e. The maximum absolute atomic E-state index is 11.7. The molecule has 1 atom stereocenters. The van der Waals surface area contributed by atoms with Crippen LogP contribution in [0.2, 0.25) is 0 Å². The fourth-order valence-electron chi connectivity index (χ4n) is 2.03. The molecule has 0 saturated heterocycles. The van der Waals surface area contributed by atoms with Crippen molar-refractivity contribution in [2.24, 2.45) is 5.73 Å². The number of nitrogens with two attached hydrogens (primary N) is 1. The number of primary amides is 1. The van der Waals surface area contributed by atoms with E-state index >= 15 is 0 Å². The maximum Gasteiger partial charge on any atom is 0.338 e. The summed E-state index contributed by atoms with van der Waals surface area (Å²) in [5.74, 6) is -3.42. The maximum atomic E-state index is 11.7. The fourth-order valence-corrected chi connectivity index (χ4v) is 2.03. The number of rotatable bonds is 10. The molecule has 0 radical (unpaired) electrons. The molecular formula is C16H21N3O7. The summed E-state index contributed by atoms with van der Waals surface area (Å²) in [7, 11) is 2.39. The number of amides is 1. The number of carbonyl (C=O) groups excluding carboxylic acids is 3. The van der Waals surface area contributed by atoms with Crippen LogP contribution in [0.15, 0.2) is 18.2 Å². The van der Waals surface area contributed by atoms with Gasteiger partial charge >= 0.3 is 17.9 Å². The highest BCUT2D eigenvalue weighted by Crippen LogP contribution is 2.24. The fraction of sp³-hybridized carbons (Fsp3) is 0.375. The van der Waals surface area contributed by atoms with Gasteiger partial charge in [0.15, 0.2) is 0 Å². The van der Waals surface area contributed by atoms with Gasteiger partial charge in [-0.25, -0.2) is 9.59 Å². The van der Waals surface area contributed by atoms with Crippen LogP contribution in [0.1, 0.15) is 23.2 Å². The average Bonchev–Trinajstić information content (AvgIpc) is 2.62. The van der Waals surface area contributed by atoms with Gasteiger partial charge in [-0.2, -0.15) is 0 Å². The lowest BCUT2D eigenvalue weighted by Crippen LogP contribution is -2.43. The molecule has 5 N–H and O–H groups in total. The Labute approximate surface area is 149 Å². The van der Waals surface area contributed by atoms with Crippen molar-refractivity contribution in [2.75, 3.05) is 31.4 Å². The van der Waals surface area contributed by atoms with Crippen molar-refractivity contribution in [3.8, 4) is 0 Å². The molecule has 0 aliphatic rings. The van der Waals surface area contributed by atoms with Gasteiger partial charge in [0.1, 0.15) is 0 Å². The molecule has 1 rings (SSSR count). The molecule has 1 amide bonds. The Balaban J connectivity index is 2.99. The summed E-state index contributed by atoms with van der Waals surface area (Å²) in [5, 5.41) is 14.7. The molecule has 142 valence electrons. The molecule has 26 heavy (non-hydrogen) atoms. The first-order valence-electron chi connectivity index (χ1n) is 7.61. The van der Waals surface area contributed by atoms with Gasteiger partial charge in [-0.1, -0.05) is 0 Å². The number of aromatic carboxylic acids is 1. The number of hydrogen-bond acceptors (Lipinski definition) is 8. The molecule has 10 heteroatoms. The normalized spacial score (nSPS) is 11.2. The van der Waals surface area contributed by atoms with Gasteiger partial charge in [0.25, 0.3) is 5.91 Å². The minimum Gasteiger partial charge on any atom is -0.478 e. The molecule has 0 fully saturated rings. The van der Waals surface area contributed by atoms with E-state index in [1.54, 1.807) is 0 Å². The zero-order valence-corrected chi connectivity index (χ0v) is 14.4. The molecule has 0 bridgehead atoms. The third kappa shape index (κ3) is 5.96. The third-order valence-corrected chi connectivity index (χ3v) is 3.39. The largest absolute Gasteiger partial charge is 0.478 e. The van der Waals surface area contributed by atoms with Gasteiger partial charge in [-0.15, -0.1) is 0 Å². The third-order valence-electron chi connectivity index (χ3n) is 3.39. The van der Waals surface area contributed by atoms with Crippen molar-refractivity contribution >= 4 is 35.2 Å². The number of ether oxygens (including phenoxy) is 2. The van der Waals surface area contributed by atoms with Crippen molar-refractivity contribution < 1.29 is 33.8 Å². The van der Waals surface area contributed by atoms with E-state index in [0.29, 0.717) is 18.7 Å². The van der Waals surface area contributed by atoms with E-state index in [2.05, 4.69) is 20.1 Å². The number of methoxy groups -OCH3 is 2. The molecule has 0 aliphatic carbocycles. The minimum atomic E-state index is -1.49. The molecule has 0 aliphatic heterocycles. The van der Waals surface area contributed by atoms with Crippen LogP contribution in [0.25, 0.3) is 0 Å². The van der Waals surface area contributed by atoms with E-state index in [4.69, 9.17) is 10.8 Å². The van der Waals surface area contributed by atoms with Crippen LogP contribution in [0.4, 0.5) is 11.4 Å². The van der Waals surface area contributed by atoms with Crippen molar-refractivity contribution in [3.05, 3.63) is 23.8 Å². The van der Waals surface area contributed by atoms with E-state index in [-0.39, 0.29) is 23.6 Å². The number of esters is 2. The number of anilines is 2. The standard InChI is InChI=1S/C16H21N3O7/c1-25-12(20)4-3-7-18-10-6-5-9(15(22)23)8-11(10)19-13(14(17)21)16(24)26-2/h5-6,8,13,18-19H,3-4,7H2,1-2H3,(H2,17,21)(H,22,23). The number of nitrogens with one attached hydrogen (secondary N) is 2. The Morgan fingerprint density at radius 1 is 1.15 bits per heavy atom. The molecule has 0 saturated carbocycles. The second-order valence-electron chi connectivity index (χ2n) is 5.17. The van der Waals surface area contributed by atoms with Crippen molar-refractivity contribution in [1.29, 1.82) is 0 Å². The van der Waals surface area contributed by atoms with Gasteiger partial charge in [-0.05, 0) is 24.6 Å². The molecule has 0 aromatic heterocycles. The van der Waals surface area contributed by atoms with Gasteiger partial charge in [0.05, 0.1) is 31.2 Å². The zero-order valence-electron chi connectivity index (χ0n) is 14.4. The van der Waals surface area contributed by atoms with Crippen LogP contribution in [0.3, 0.4) is 0 Å². The Bertz CT molecular complexity index is 690. The highest BCUT2D eigenvalue weighted by molar-refractivity contribution is 6.04. The quantitative estimate of drug-likeness (QED) is 0.257. The summed E-state index contributed by atoms with van der Waals surface area (Å²) in [6.45, 7) is 0.371. The number of carbonyl (C=O) groups is 4. The summed E-state index contributed by atoms with van der Waals surface area (Å²) >= 11 is 0. The molecule has 0 heterocycles. The Morgan fingerprint density at radius 3 is 2.38 bits per heavy atom. The van der Waals surface area contributed by atoms with E-state index in [9.17, 15) is 19.2 Å². The van der Waals surface area contributed by atoms with Crippen LogP contribution in [0.5, 0.6) is 0 Å². The first-order valence-corrected chi connectivity index (χ1v) is 7.61. The molecule has 0 spiro atoms. The highest BCUT2D eigenvalue weighted by Gasteiger charge is 2.26. The Hall–Kier alpha value is -3.30. The number of hydrogen-bond donors (Lipinski definition) is 4. The van der Waals surface area contributed by atoms with Gasteiger partial charge in [0, 0.05) is 13.0 Å². The first-order chi connectivity index (χ1) is 12.3. The highest BCUT2D eigenvalue weighted by atomic mass is 16.5. The van der Waals surface area contributed by atoms with Crippen LogP contribution in [0, 0.1) is 0 Å².